The molecule has 6 N–H and O–H groups in total. The van der Waals surface area contributed by atoms with Crippen molar-refractivity contribution in [3.05, 3.63) is 0 Å². The van der Waals surface area contributed by atoms with Gasteiger partial charge >= 0.3 is 0 Å². The number of hydrogen-bond donors (Lipinski definition) is 5. The van der Waals surface area contributed by atoms with Gasteiger partial charge in [-0.25, -0.2) is 0 Å². The number of hydrogen-bond acceptors (Lipinski definition) is 5. The van der Waals surface area contributed by atoms with Crippen LogP contribution in [0.3, 0.4) is 0 Å². The van der Waals surface area contributed by atoms with Crippen molar-refractivity contribution in [2.24, 2.45) is 5.73 Å². The van der Waals surface area contributed by atoms with E-state index in [-0.39, 0.29) is 6.42 Å². The molecule has 3 unspecified atom stereocenters. The summed E-state index contributed by atoms with van der Waals surface area (Å²) in [6, 6.07) is 0. The van der Waals surface area contributed by atoms with Crippen molar-refractivity contribution < 1.29 is 15.3 Å². The van der Waals surface area contributed by atoms with E-state index in [1.807, 2.05) is 0 Å². The summed E-state index contributed by atoms with van der Waals surface area (Å²) in [5.41, 5.74) is 3.45. The second kappa shape index (κ2) is 1.89. The predicted octanol–water partition coefficient (Wildman–Crippen LogP) is -2.74. The molecule has 0 aromatic heterocycles. The molecule has 9 heavy (non-hydrogen) atoms. The summed E-state index contributed by atoms with van der Waals surface area (Å²) in [6.45, 7) is 0. The molecule has 0 aromatic carbocycles. The predicted molar refractivity (Wildman–Crippen MR) is 28.9 cm³/mol. The van der Waals surface area contributed by atoms with E-state index in [4.69, 9.17) is 21.1 Å². The van der Waals surface area contributed by atoms with Crippen LogP contribution in [0.15, 0.2) is 0 Å². The zero-order valence-electron chi connectivity index (χ0n) is 4.78. The average molecular weight is 134 g/mol. The molecule has 0 aromatic rings. The van der Waals surface area contributed by atoms with Gasteiger partial charge in [0.1, 0.15) is 12.5 Å². The first-order chi connectivity index (χ1) is 4.04. The number of aliphatic hydroxyl groups is 3. The molecule has 5 nitrogen and oxygen atoms in total. The van der Waals surface area contributed by atoms with Gasteiger partial charge < -0.3 is 21.1 Å². The lowest BCUT2D eigenvalue weighted by atomic mass is 9.99. The Morgan fingerprint density at radius 1 is 1.78 bits per heavy atom. The molecule has 1 fully saturated rings. The van der Waals surface area contributed by atoms with Crippen LogP contribution in [0.2, 0.25) is 0 Å². The smallest absolute Gasteiger partial charge is 0.161 e. The van der Waals surface area contributed by atoms with Crippen molar-refractivity contribution in [3.63, 3.8) is 0 Å². The molecule has 1 aliphatic heterocycles. The SMILES string of the molecule is NC(O)C1(O)CC(O)N1. The summed E-state index contributed by atoms with van der Waals surface area (Å²) in [6.07, 6.45) is -2.00. The van der Waals surface area contributed by atoms with Gasteiger partial charge in [0, 0.05) is 6.42 Å². The Hall–Kier alpha value is -0.200. The zero-order valence-corrected chi connectivity index (χ0v) is 4.78. The second-order valence-electron chi connectivity index (χ2n) is 2.23. The van der Waals surface area contributed by atoms with E-state index in [9.17, 15) is 0 Å². The second-order valence-corrected chi connectivity index (χ2v) is 2.23. The van der Waals surface area contributed by atoms with Crippen molar-refractivity contribution in [2.75, 3.05) is 0 Å². The molecule has 1 heterocycles. The van der Waals surface area contributed by atoms with Crippen molar-refractivity contribution in [1.29, 1.82) is 0 Å². The van der Waals surface area contributed by atoms with Crippen LogP contribution in [-0.4, -0.2) is 33.5 Å². The first-order valence-corrected chi connectivity index (χ1v) is 2.66. The van der Waals surface area contributed by atoms with Gasteiger partial charge in [-0.2, -0.15) is 0 Å². The molecule has 0 spiro atoms. The lowest BCUT2D eigenvalue weighted by Gasteiger charge is -2.43. The molecular weight excluding hydrogens is 124 g/mol. The monoisotopic (exact) mass is 134 g/mol. The molecule has 5 heteroatoms. The van der Waals surface area contributed by atoms with Crippen molar-refractivity contribution >= 4 is 0 Å². The highest BCUT2D eigenvalue weighted by Gasteiger charge is 2.45. The molecule has 1 saturated heterocycles. The number of nitrogens with one attached hydrogen (secondary N) is 1. The van der Waals surface area contributed by atoms with Crippen LogP contribution >= 0.6 is 0 Å². The molecule has 0 aliphatic carbocycles. The Bertz CT molecular complexity index is 110. The van der Waals surface area contributed by atoms with Gasteiger partial charge in [0.25, 0.3) is 0 Å². The van der Waals surface area contributed by atoms with Crippen LogP contribution in [-0.2, 0) is 0 Å². The number of aliphatic hydroxyl groups excluding tert-OH is 2. The molecule has 3 atom stereocenters. The van der Waals surface area contributed by atoms with Crippen LogP contribution in [0.1, 0.15) is 6.42 Å². The average Bonchev–Trinajstić information content (AvgIpc) is 1.62. The Morgan fingerprint density at radius 2 is 2.22 bits per heavy atom. The number of rotatable bonds is 1. The molecule has 0 bridgehead atoms. The van der Waals surface area contributed by atoms with E-state index in [0.29, 0.717) is 0 Å². The van der Waals surface area contributed by atoms with E-state index in [0.717, 1.165) is 0 Å². The highest BCUT2D eigenvalue weighted by molar-refractivity contribution is 4.92. The van der Waals surface area contributed by atoms with Crippen LogP contribution in [0.4, 0.5) is 0 Å². The van der Waals surface area contributed by atoms with E-state index in [2.05, 4.69) is 5.32 Å². The normalized spacial score (nSPS) is 46.0. The first-order valence-electron chi connectivity index (χ1n) is 2.66. The van der Waals surface area contributed by atoms with E-state index in [1.54, 1.807) is 0 Å². The fourth-order valence-electron chi connectivity index (χ4n) is 0.768. The van der Waals surface area contributed by atoms with Gasteiger partial charge in [-0.15, -0.1) is 0 Å². The highest BCUT2D eigenvalue weighted by Crippen LogP contribution is 2.21. The molecule has 54 valence electrons. The van der Waals surface area contributed by atoms with Crippen molar-refractivity contribution in [1.82, 2.24) is 5.32 Å². The minimum absolute atomic E-state index is 0.0741. The maximum atomic E-state index is 9.01. The van der Waals surface area contributed by atoms with E-state index >= 15 is 0 Å². The Labute approximate surface area is 52.1 Å². The van der Waals surface area contributed by atoms with Crippen molar-refractivity contribution in [2.45, 2.75) is 24.6 Å². The summed E-state index contributed by atoms with van der Waals surface area (Å²) in [5.74, 6) is 0. The van der Waals surface area contributed by atoms with Crippen molar-refractivity contribution in [3.8, 4) is 0 Å². The fraction of sp³-hybridized carbons (Fsp3) is 1.00. The summed E-state index contributed by atoms with van der Waals surface area (Å²) >= 11 is 0. The van der Waals surface area contributed by atoms with Crippen LogP contribution in [0.5, 0.6) is 0 Å². The summed E-state index contributed by atoms with van der Waals surface area (Å²) in [4.78, 5) is 0. The number of nitrogens with two attached hydrogens (primary N) is 1. The lowest BCUT2D eigenvalue weighted by Crippen LogP contribution is -2.71. The summed E-state index contributed by atoms with van der Waals surface area (Å²) < 4.78 is 0. The lowest BCUT2D eigenvalue weighted by molar-refractivity contribution is -0.203. The molecule has 0 radical (unpaired) electrons. The quantitative estimate of drug-likeness (QED) is 0.251. The van der Waals surface area contributed by atoms with Gasteiger partial charge in [-0.3, -0.25) is 5.32 Å². The Kier molecular flexibility index (Phi) is 1.45. The van der Waals surface area contributed by atoms with E-state index < -0.39 is 18.2 Å². The minimum Gasteiger partial charge on any atom is -0.378 e. The maximum Gasteiger partial charge on any atom is 0.161 e. The zero-order chi connectivity index (χ0) is 7.07. The van der Waals surface area contributed by atoms with E-state index in [1.165, 1.54) is 0 Å². The van der Waals surface area contributed by atoms with Crippen LogP contribution in [0, 0.1) is 0 Å². The maximum absolute atomic E-state index is 9.01. The van der Waals surface area contributed by atoms with Gasteiger partial charge in [0.05, 0.1) is 0 Å². The largest absolute Gasteiger partial charge is 0.378 e. The van der Waals surface area contributed by atoms with Gasteiger partial charge in [0.2, 0.25) is 0 Å². The van der Waals surface area contributed by atoms with Gasteiger partial charge in [-0.05, 0) is 0 Å². The highest BCUT2D eigenvalue weighted by atomic mass is 16.4. The van der Waals surface area contributed by atoms with Crippen LogP contribution < -0.4 is 11.1 Å². The molecule has 1 rings (SSSR count). The molecular formula is C4H10N2O3. The minimum atomic E-state index is -1.47. The molecule has 0 saturated carbocycles. The summed E-state index contributed by atoms with van der Waals surface area (Å²) in [5, 5.41) is 28.5. The fourth-order valence-corrected chi connectivity index (χ4v) is 0.768. The summed E-state index contributed by atoms with van der Waals surface area (Å²) in [7, 11) is 0. The Morgan fingerprint density at radius 3 is 2.33 bits per heavy atom. The van der Waals surface area contributed by atoms with Crippen LogP contribution in [0.25, 0.3) is 0 Å². The van der Waals surface area contributed by atoms with Gasteiger partial charge in [0.15, 0.2) is 5.72 Å². The topological polar surface area (TPSA) is 98.7 Å². The molecule has 0 amide bonds. The third-order valence-corrected chi connectivity index (χ3v) is 1.41. The third kappa shape index (κ3) is 1.05. The Balaban J connectivity index is 2.40. The first kappa shape index (κ1) is 6.91. The molecule has 1 aliphatic rings. The van der Waals surface area contributed by atoms with Gasteiger partial charge in [-0.1, -0.05) is 0 Å². The third-order valence-electron chi connectivity index (χ3n) is 1.41. The standard InChI is InChI=1S/C4H10N2O3/c5-3(8)4(9)1-2(7)6-4/h2-3,6-9H,1,5H2.